The van der Waals surface area contributed by atoms with E-state index in [0.29, 0.717) is 38.7 Å². The molecule has 4 aromatic rings. The first kappa shape index (κ1) is 52.8. The number of aryl methyl sites for hydroxylation is 4. The molecule has 18 heteroatoms. The summed E-state index contributed by atoms with van der Waals surface area (Å²) in [6, 6.07) is 21.4. The monoisotopic (exact) mass is 958 g/mol. The maximum absolute atomic E-state index is 9.38. The Bertz CT molecular complexity index is 2150. The third-order valence-electron chi connectivity index (χ3n) is 10.3. The number of aliphatic hydroxyl groups is 4. The molecule has 2 aromatic heterocycles. The van der Waals surface area contributed by atoms with Gasteiger partial charge in [-0.1, -0.05) is 58.0 Å². The molecule has 2 aromatic carbocycles. The van der Waals surface area contributed by atoms with Crippen LogP contribution in [0.1, 0.15) is 59.1 Å². The van der Waals surface area contributed by atoms with E-state index in [4.69, 9.17) is 25.9 Å². The van der Waals surface area contributed by atoms with E-state index in [9.17, 15) is 20.4 Å². The second-order valence-electron chi connectivity index (χ2n) is 15.4. The molecule has 0 radical (unpaired) electrons. The summed E-state index contributed by atoms with van der Waals surface area (Å²) in [4.78, 5) is 4.01. The van der Waals surface area contributed by atoms with Gasteiger partial charge in [0.15, 0.2) is 37.9 Å². The van der Waals surface area contributed by atoms with Crippen molar-refractivity contribution >= 4 is 76.5 Å². The Kier molecular flexibility index (Phi) is 22.3. The maximum Gasteiger partial charge on any atom is 0.172 e. The van der Waals surface area contributed by atoms with Crippen molar-refractivity contribution in [3.8, 4) is 0 Å². The third kappa shape index (κ3) is 19.3. The fraction of sp³-hybridized carbons (Fsp3) is 0.435. The molecule has 0 atom stereocenters. The van der Waals surface area contributed by atoms with Gasteiger partial charge in [-0.05, 0) is 96.2 Å². The summed E-state index contributed by atoms with van der Waals surface area (Å²) in [5.41, 5.74) is 12.8. The van der Waals surface area contributed by atoms with Crippen LogP contribution in [0.15, 0.2) is 85.5 Å². The maximum atomic E-state index is 9.38. The summed E-state index contributed by atoms with van der Waals surface area (Å²) in [5, 5.41) is 37.5. The highest BCUT2D eigenvalue weighted by Crippen LogP contribution is 2.33. The lowest BCUT2D eigenvalue weighted by Gasteiger charge is -2.23. The molecule has 0 saturated carbocycles. The van der Waals surface area contributed by atoms with Gasteiger partial charge in [0.1, 0.15) is 0 Å². The SMILES string of the molecule is CS(=O)(=O)[O-].CS(=O)(=O)[O-].OCCN(CCO)c1ccc(C=C2CCCc3c[n+](CCSSCC[n+]4ccc5c(c4)CCCC5=Cc4ccc(N(CCO)CCO)cc4)ccc32)cc1. The summed E-state index contributed by atoms with van der Waals surface area (Å²) in [6.07, 6.45) is 21.7. The lowest BCUT2D eigenvalue weighted by atomic mass is 9.87. The highest BCUT2D eigenvalue weighted by atomic mass is 33.1. The Hall–Kier alpha value is -3.82. The van der Waals surface area contributed by atoms with Crippen LogP contribution in [-0.4, -0.2) is 123 Å². The van der Waals surface area contributed by atoms with Gasteiger partial charge in [-0.2, -0.15) is 0 Å². The predicted octanol–water partition coefficient (Wildman–Crippen LogP) is 4.00. The number of anilines is 2. The molecule has 0 aliphatic heterocycles. The van der Waals surface area contributed by atoms with E-state index in [1.807, 2.05) is 31.4 Å². The van der Waals surface area contributed by atoms with Crippen molar-refractivity contribution in [3.05, 3.63) is 119 Å². The number of pyridine rings is 2. The molecule has 0 fully saturated rings. The molecular formula is C46H62N4O10S4. The highest BCUT2D eigenvalue weighted by molar-refractivity contribution is 8.76. The van der Waals surface area contributed by atoms with Gasteiger partial charge in [-0.25, -0.2) is 26.0 Å². The number of hydrogen-bond donors (Lipinski definition) is 4. The Morgan fingerprint density at radius 2 is 0.891 bits per heavy atom. The van der Waals surface area contributed by atoms with Crippen LogP contribution in [0, 0.1) is 0 Å². The molecule has 350 valence electrons. The number of hydrogen-bond acceptors (Lipinski definition) is 14. The zero-order valence-electron chi connectivity index (χ0n) is 36.6. The third-order valence-corrected chi connectivity index (χ3v) is 12.7. The lowest BCUT2D eigenvalue weighted by molar-refractivity contribution is -0.693. The molecule has 0 bridgehead atoms. The first-order valence-electron chi connectivity index (χ1n) is 21.2. The average molecular weight is 959 g/mol. The fourth-order valence-corrected chi connectivity index (χ4v) is 9.54. The van der Waals surface area contributed by atoms with Crippen LogP contribution in [0.3, 0.4) is 0 Å². The molecular weight excluding hydrogens is 897 g/mol. The van der Waals surface area contributed by atoms with Crippen LogP contribution in [0.5, 0.6) is 0 Å². The number of benzene rings is 2. The summed E-state index contributed by atoms with van der Waals surface area (Å²) in [7, 11) is -3.92. The van der Waals surface area contributed by atoms with Crippen LogP contribution in [-0.2, 0) is 46.2 Å². The molecule has 4 N–H and O–H groups in total. The van der Waals surface area contributed by atoms with Gasteiger partial charge in [-0.3, -0.25) is 0 Å². The molecule has 64 heavy (non-hydrogen) atoms. The molecule has 6 rings (SSSR count). The van der Waals surface area contributed by atoms with Gasteiger partial charge in [0.05, 0.1) is 58.2 Å². The van der Waals surface area contributed by atoms with Crippen LogP contribution >= 0.6 is 21.6 Å². The average Bonchev–Trinajstić information content (AvgIpc) is 3.24. The quantitative estimate of drug-likeness (QED) is 0.0454. The number of nitrogens with zero attached hydrogens (tertiary/aromatic N) is 4. The predicted molar refractivity (Wildman–Crippen MR) is 257 cm³/mol. The van der Waals surface area contributed by atoms with Crippen molar-refractivity contribution < 1.29 is 55.5 Å². The minimum atomic E-state index is -3.92. The largest absolute Gasteiger partial charge is 0.748 e. The summed E-state index contributed by atoms with van der Waals surface area (Å²) >= 11 is 0. The van der Waals surface area contributed by atoms with E-state index in [1.54, 1.807) is 0 Å². The van der Waals surface area contributed by atoms with E-state index in [0.717, 1.165) is 74.5 Å². The lowest BCUT2D eigenvalue weighted by Crippen LogP contribution is -2.36. The second-order valence-corrected chi connectivity index (χ2v) is 20.9. The normalized spacial score (nSPS) is 14.8. The molecule has 0 amide bonds. The summed E-state index contributed by atoms with van der Waals surface area (Å²) < 4.78 is 59.2. The zero-order valence-corrected chi connectivity index (χ0v) is 39.9. The number of aliphatic hydroxyl groups excluding tert-OH is 4. The van der Waals surface area contributed by atoms with Crippen molar-refractivity contribution in [2.24, 2.45) is 0 Å². The van der Waals surface area contributed by atoms with Crippen LogP contribution in [0.25, 0.3) is 23.3 Å². The van der Waals surface area contributed by atoms with Crippen LogP contribution in [0.2, 0.25) is 0 Å². The van der Waals surface area contributed by atoms with Gasteiger partial charge >= 0.3 is 0 Å². The Labute approximate surface area is 386 Å². The van der Waals surface area contributed by atoms with Crippen molar-refractivity contribution in [1.82, 2.24) is 0 Å². The van der Waals surface area contributed by atoms with E-state index in [-0.39, 0.29) is 26.4 Å². The zero-order chi connectivity index (χ0) is 46.5. The van der Waals surface area contributed by atoms with Crippen LogP contribution < -0.4 is 18.9 Å². The Morgan fingerprint density at radius 3 is 1.20 bits per heavy atom. The number of rotatable bonds is 19. The second kappa shape index (κ2) is 27.0. The van der Waals surface area contributed by atoms with Crippen molar-refractivity contribution in [2.75, 3.05) is 86.4 Å². The van der Waals surface area contributed by atoms with Crippen molar-refractivity contribution in [3.63, 3.8) is 0 Å². The van der Waals surface area contributed by atoms with Gasteiger partial charge in [-0.15, -0.1) is 0 Å². The topological polar surface area (TPSA) is 210 Å². The number of aromatic nitrogens is 2. The van der Waals surface area contributed by atoms with Crippen molar-refractivity contribution in [1.29, 1.82) is 0 Å². The minimum absolute atomic E-state index is 0.0652. The van der Waals surface area contributed by atoms with Gasteiger partial charge in [0.25, 0.3) is 0 Å². The Balaban J connectivity index is 0.000000809. The summed E-state index contributed by atoms with van der Waals surface area (Å²) in [6.45, 7) is 4.31. The van der Waals surface area contributed by atoms with E-state index in [2.05, 4.69) is 107 Å². The number of allylic oxidation sites excluding steroid dienone is 2. The molecule has 2 aliphatic rings. The van der Waals surface area contributed by atoms with Gasteiger partial charge < -0.3 is 39.3 Å². The molecule has 2 aliphatic carbocycles. The van der Waals surface area contributed by atoms with Gasteiger partial charge in [0.2, 0.25) is 0 Å². The first-order chi connectivity index (χ1) is 30.6. The number of fused-ring (bicyclic) bond motifs is 2. The van der Waals surface area contributed by atoms with Gasteiger partial charge in [0, 0.05) is 73.3 Å². The molecule has 0 spiro atoms. The Morgan fingerprint density at radius 1 is 0.562 bits per heavy atom. The first-order valence-corrected chi connectivity index (χ1v) is 27.4. The molecule has 0 unspecified atom stereocenters. The minimum Gasteiger partial charge on any atom is -0.748 e. The molecule has 2 heterocycles. The van der Waals surface area contributed by atoms with E-state index >= 15 is 0 Å². The molecule has 14 nitrogen and oxygen atoms in total. The molecule has 0 saturated heterocycles. The summed E-state index contributed by atoms with van der Waals surface area (Å²) in [5.74, 6) is 2.13. The van der Waals surface area contributed by atoms with E-state index in [1.165, 1.54) is 44.5 Å². The smallest absolute Gasteiger partial charge is 0.172 e. The standard InChI is InChI=1S/C44H56N4O4S2.2CH4O3S/c49-25-19-47(20-26-50)41-11-7-35(8-12-41)31-37-3-1-5-39-33-45(17-15-43(37)39)23-29-53-54-30-24-46-18-16-44-38(4-2-6-40(44)34-46)32-36-9-13-42(14-10-36)48(21-27-51)22-28-52;2*1-5(2,3)4/h7-18,31-34,49-52H,1-6,19-30H2;2*1H3,(H,2,3,4)/q+2;;/p-2. The highest BCUT2D eigenvalue weighted by Gasteiger charge is 2.20. The van der Waals surface area contributed by atoms with E-state index < -0.39 is 20.2 Å². The van der Waals surface area contributed by atoms with Crippen LogP contribution in [0.4, 0.5) is 11.4 Å². The fourth-order valence-electron chi connectivity index (χ4n) is 7.58. The van der Waals surface area contributed by atoms with Crippen molar-refractivity contribution in [2.45, 2.75) is 51.6 Å².